The lowest BCUT2D eigenvalue weighted by Crippen LogP contribution is -2.38. The first-order valence-corrected chi connectivity index (χ1v) is 11.7. The van der Waals surface area contributed by atoms with E-state index in [-0.39, 0.29) is 39.5 Å². The fourth-order valence-corrected chi connectivity index (χ4v) is 4.14. The van der Waals surface area contributed by atoms with Gasteiger partial charge in [0.05, 0.1) is 38.5 Å². The molecular formula is C23H24ClF2N3O3S. The van der Waals surface area contributed by atoms with Crippen LogP contribution in [0.4, 0.5) is 19.3 Å². The quantitative estimate of drug-likeness (QED) is 0.352. The second-order valence-corrected chi connectivity index (χ2v) is 10.2. The van der Waals surface area contributed by atoms with Gasteiger partial charge in [-0.15, -0.1) is 0 Å². The van der Waals surface area contributed by atoms with E-state index in [2.05, 4.69) is 16.9 Å². The predicted octanol–water partition coefficient (Wildman–Crippen LogP) is 5.37. The topological polar surface area (TPSA) is 71.0 Å². The number of nitrogens with zero attached hydrogens (tertiary/aromatic N) is 2. The van der Waals surface area contributed by atoms with Crippen molar-refractivity contribution in [2.45, 2.75) is 32.2 Å². The number of carbonyl (C=O) groups excluding carboxylic acids is 1. The summed E-state index contributed by atoms with van der Waals surface area (Å²) in [5.74, 6) is -1.21. The van der Waals surface area contributed by atoms with E-state index in [4.69, 9.17) is 16.3 Å². The molecule has 176 valence electrons. The van der Waals surface area contributed by atoms with E-state index in [1.165, 1.54) is 30.1 Å². The highest BCUT2D eigenvalue weighted by molar-refractivity contribution is 7.85. The Morgan fingerprint density at radius 2 is 1.97 bits per heavy atom. The van der Waals surface area contributed by atoms with Crippen LogP contribution in [0.1, 0.15) is 31.9 Å². The lowest BCUT2D eigenvalue weighted by atomic mass is 9.95. The fraction of sp³-hybridized carbons (Fsp3) is 0.304. The Bertz CT molecular complexity index is 1180. The smallest absolute Gasteiger partial charge is 0.322 e. The van der Waals surface area contributed by atoms with Gasteiger partial charge in [0.25, 0.3) is 0 Å². The average molecular weight is 496 g/mol. The minimum Gasteiger partial charge on any atom is -0.443 e. The summed E-state index contributed by atoms with van der Waals surface area (Å²) in [5, 5.41) is 2.49. The van der Waals surface area contributed by atoms with E-state index >= 15 is 4.39 Å². The van der Waals surface area contributed by atoms with Crippen LogP contribution in [0.5, 0.6) is 0 Å². The number of carbonyl (C=O) groups is 1. The number of aliphatic imine (C=N–C) groups is 1. The number of hydrogen-bond acceptors (Lipinski definition) is 4. The van der Waals surface area contributed by atoms with Crippen molar-refractivity contribution >= 4 is 40.0 Å². The number of hydrogen-bond donors (Lipinski definition) is 1. The van der Waals surface area contributed by atoms with E-state index in [9.17, 15) is 13.4 Å². The van der Waals surface area contributed by atoms with Crippen molar-refractivity contribution in [3.8, 4) is 0 Å². The second kappa shape index (κ2) is 9.61. The van der Waals surface area contributed by atoms with Gasteiger partial charge in [0.1, 0.15) is 23.3 Å². The zero-order valence-electron chi connectivity index (χ0n) is 18.7. The first-order chi connectivity index (χ1) is 15.4. The normalized spacial score (nSPS) is 16.7. The van der Waals surface area contributed by atoms with E-state index < -0.39 is 33.9 Å². The molecule has 2 amide bonds. The molecule has 0 bridgehead atoms. The van der Waals surface area contributed by atoms with Crippen molar-refractivity contribution in [2.24, 2.45) is 10.4 Å². The zero-order chi connectivity index (χ0) is 24.5. The molecule has 2 aromatic carbocycles. The molecule has 6 nitrogen and oxygen atoms in total. The Balaban J connectivity index is 2.10. The van der Waals surface area contributed by atoms with Crippen LogP contribution in [0.2, 0.25) is 5.02 Å². The van der Waals surface area contributed by atoms with Crippen LogP contribution in [0.25, 0.3) is 0 Å². The van der Waals surface area contributed by atoms with Crippen LogP contribution in [-0.2, 0) is 22.1 Å². The molecule has 2 aromatic rings. The van der Waals surface area contributed by atoms with Crippen molar-refractivity contribution in [2.75, 3.05) is 17.8 Å². The van der Waals surface area contributed by atoms with E-state index in [0.717, 1.165) is 6.07 Å². The molecule has 1 N–H and O–H groups in total. The summed E-state index contributed by atoms with van der Waals surface area (Å²) in [5.41, 5.74) is 0.185. The molecule has 10 heteroatoms. The summed E-state index contributed by atoms with van der Waals surface area (Å²) in [6.45, 7) is 9.48. The van der Waals surface area contributed by atoms with Gasteiger partial charge in [-0.2, -0.15) is 0 Å². The minimum atomic E-state index is -1.71. The van der Waals surface area contributed by atoms with Gasteiger partial charge in [0.15, 0.2) is 0 Å². The summed E-state index contributed by atoms with van der Waals surface area (Å²) in [6, 6.07) is 6.05. The molecule has 1 heterocycles. The number of nitrogens with one attached hydrogen (secondary N) is 1. The van der Waals surface area contributed by atoms with E-state index in [1.54, 1.807) is 6.07 Å². The number of ether oxygens (including phenoxy) is 1. The molecule has 3 rings (SSSR count). The van der Waals surface area contributed by atoms with Gasteiger partial charge in [-0.1, -0.05) is 45.0 Å². The van der Waals surface area contributed by atoms with Gasteiger partial charge in [-0.05, 0) is 29.8 Å². The molecule has 0 aliphatic carbocycles. The summed E-state index contributed by atoms with van der Waals surface area (Å²) < 4.78 is 47.5. The van der Waals surface area contributed by atoms with Crippen LogP contribution in [0, 0.1) is 17.0 Å². The highest BCUT2D eigenvalue weighted by Gasteiger charge is 2.30. The fourth-order valence-electron chi connectivity index (χ4n) is 2.98. The van der Waals surface area contributed by atoms with Crippen molar-refractivity contribution < 1.29 is 22.5 Å². The molecule has 0 fully saturated rings. The SMILES string of the molecule is C=C(OC(=NC)c1cc2c(cc1F)S(=O)CNC(=O)N2Cc1ccc(Cl)c(F)c1)C(C)(C)C. The van der Waals surface area contributed by atoms with Gasteiger partial charge in [0.2, 0.25) is 5.90 Å². The number of allylic oxidation sites excluding steroid dienone is 1. The molecule has 1 aliphatic heterocycles. The highest BCUT2D eigenvalue weighted by Crippen LogP contribution is 2.33. The molecule has 33 heavy (non-hydrogen) atoms. The van der Waals surface area contributed by atoms with Crippen molar-refractivity contribution in [1.29, 1.82) is 0 Å². The van der Waals surface area contributed by atoms with Crippen LogP contribution in [0.15, 0.2) is 52.6 Å². The Morgan fingerprint density at radius 1 is 1.27 bits per heavy atom. The van der Waals surface area contributed by atoms with Crippen LogP contribution < -0.4 is 10.2 Å². The van der Waals surface area contributed by atoms with Crippen molar-refractivity contribution in [3.05, 3.63) is 70.5 Å². The van der Waals surface area contributed by atoms with Crippen molar-refractivity contribution in [3.63, 3.8) is 0 Å². The summed E-state index contributed by atoms with van der Waals surface area (Å²) in [4.78, 5) is 18.2. The van der Waals surface area contributed by atoms with Crippen LogP contribution >= 0.6 is 11.6 Å². The van der Waals surface area contributed by atoms with Crippen LogP contribution in [-0.4, -0.2) is 29.1 Å². The standard InChI is InChI=1S/C23H24ClF2N3O3S/c1-13(23(2,3)4)32-21(27-5)15-9-19-20(10-17(15)25)33(31)12-28-22(30)29(19)11-14-6-7-16(24)18(26)8-14/h6-10H,1,11-12H2,2-5H3,(H,28,30). The van der Waals surface area contributed by atoms with Gasteiger partial charge < -0.3 is 10.1 Å². The lowest BCUT2D eigenvalue weighted by Gasteiger charge is -2.25. The summed E-state index contributed by atoms with van der Waals surface area (Å²) >= 11 is 5.76. The van der Waals surface area contributed by atoms with Gasteiger partial charge >= 0.3 is 6.03 Å². The highest BCUT2D eigenvalue weighted by atomic mass is 35.5. The Hall–Kier alpha value is -2.78. The molecule has 1 aliphatic rings. The van der Waals surface area contributed by atoms with Gasteiger partial charge in [-0.3, -0.25) is 14.1 Å². The maximum absolute atomic E-state index is 15.1. The minimum absolute atomic E-state index is 0.0272. The third-order valence-corrected chi connectivity index (χ3v) is 6.53. The zero-order valence-corrected chi connectivity index (χ0v) is 20.2. The maximum atomic E-state index is 15.1. The molecule has 0 radical (unpaired) electrons. The molecule has 0 saturated heterocycles. The Morgan fingerprint density at radius 3 is 2.58 bits per heavy atom. The van der Waals surface area contributed by atoms with Gasteiger partial charge in [-0.25, -0.2) is 13.6 Å². The number of halogens is 3. The summed E-state index contributed by atoms with van der Waals surface area (Å²) in [6.07, 6.45) is 0. The number of anilines is 1. The third kappa shape index (κ3) is 5.42. The van der Waals surface area contributed by atoms with Crippen LogP contribution in [0.3, 0.4) is 0 Å². The predicted molar refractivity (Wildman–Crippen MR) is 126 cm³/mol. The van der Waals surface area contributed by atoms with Crippen molar-refractivity contribution in [1.82, 2.24) is 5.32 Å². The molecular weight excluding hydrogens is 472 g/mol. The number of rotatable bonds is 4. The summed E-state index contributed by atoms with van der Waals surface area (Å²) in [7, 11) is -0.266. The average Bonchev–Trinajstić information content (AvgIpc) is 2.85. The maximum Gasteiger partial charge on any atom is 0.322 e. The first-order valence-electron chi connectivity index (χ1n) is 9.98. The van der Waals surface area contributed by atoms with E-state index in [1.807, 2.05) is 20.8 Å². The largest absolute Gasteiger partial charge is 0.443 e. The van der Waals surface area contributed by atoms with Gasteiger partial charge in [0, 0.05) is 12.5 Å². The molecule has 1 unspecified atom stereocenters. The Kier molecular flexibility index (Phi) is 7.23. The number of amides is 2. The number of fused-ring (bicyclic) bond motifs is 1. The third-order valence-electron chi connectivity index (χ3n) is 5.00. The monoisotopic (exact) mass is 495 g/mol. The Labute approximate surface area is 198 Å². The second-order valence-electron chi connectivity index (χ2n) is 8.41. The lowest BCUT2D eigenvalue weighted by molar-refractivity contribution is 0.247. The van der Waals surface area contributed by atoms with E-state index in [0.29, 0.717) is 11.3 Å². The molecule has 0 aromatic heterocycles. The molecule has 0 spiro atoms. The molecule has 1 atom stereocenters. The first kappa shape index (κ1) is 24.9. The number of urea groups is 1. The molecule has 0 saturated carbocycles. The number of benzene rings is 2.